The van der Waals surface area contributed by atoms with Crippen LogP contribution >= 0.6 is 0 Å². The van der Waals surface area contributed by atoms with Crippen LogP contribution in [0.4, 0.5) is 0 Å². The molecule has 0 heterocycles. The Bertz CT molecular complexity index is 195. The molecule has 0 radical (unpaired) electrons. The van der Waals surface area contributed by atoms with Gasteiger partial charge in [0.15, 0.2) is 0 Å². The number of hydrogen-bond donors (Lipinski definition) is 6. The van der Waals surface area contributed by atoms with E-state index >= 15 is 0 Å². The summed E-state index contributed by atoms with van der Waals surface area (Å²) in [4.78, 5) is 36.0. The second kappa shape index (κ2) is 36.3. The zero-order valence-corrected chi connectivity index (χ0v) is 15.3. The molecule has 0 aromatic heterocycles. The van der Waals surface area contributed by atoms with Gasteiger partial charge in [-0.3, -0.25) is 19.2 Å². The molecule has 0 fully saturated rings. The Balaban J connectivity index is -0.0000000331. The Morgan fingerprint density at radius 1 is 0.619 bits per heavy atom. The molecule has 10 nitrogen and oxygen atoms in total. The third-order valence-corrected chi connectivity index (χ3v) is 0.167. The van der Waals surface area contributed by atoms with Crippen LogP contribution in [0.1, 0.15) is 27.7 Å². The maximum Gasteiger partial charge on any atom is 0.300 e. The first kappa shape index (κ1) is 36.6. The van der Waals surface area contributed by atoms with Crippen molar-refractivity contribution in [2.45, 2.75) is 27.7 Å². The van der Waals surface area contributed by atoms with E-state index in [1.807, 2.05) is 0 Å². The molecule has 0 bridgehead atoms. The number of hydrogen-bond acceptors (Lipinski definition) is 6. The van der Waals surface area contributed by atoms with Gasteiger partial charge in [0.25, 0.3) is 23.9 Å². The molecule has 128 valence electrons. The number of carboxylic acid groups (broad SMARTS) is 4. The van der Waals surface area contributed by atoms with Gasteiger partial charge in [0.05, 0.1) is 0 Å². The van der Waals surface area contributed by atoms with Crippen molar-refractivity contribution in [3.05, 3.63) is 0 Å². The van der Waals surface area contributed by atoms with E-state index in [2.05, 4.69) is 0 Å². The zero-order valence-electron chi connectivity index (χ0n) is 12.4. The molecule has 0 amide bonds. The van der Waals surface area contributed by atoms with Crippen molar-refractivity contribution < 1.29 is 60.7 Å². The molecule has 0 saturated carbocycles. The van der Waals surface area contributed by atoms with E-state index in [-0.39, 0.29) is 21.1 Å². The Hall–Kier alpha value is -1.51. The summed E-state index contributed by atoms with van der Waals surface area (Å²) in [6, 6.07) is 0. The normalized spacial score (nSPS) is 6.19. The van der Waals surface area contributed by atoms with Crippen molar-refractivity contribution in [2.75, 3.05) is 13.1 Å². The Morgan fingerprint density at radius 3 is 0.667 bits per heavy atom. The molecular weight excluding hydrogens is 460 g/mol. The summed E-state index contributed by atoms with van der Waals surface area (Å²) in [5.41, 5.74) is 9.81. The molecule has 0 unspecified atom stereocenters. The third-order valence-electron chi connectivity index (χ3n) is 0.167. The summed E-state index contributed by atoms with van der Waals surface area (Å²) in [6.45, 7) is 5.53. The van der Waals surface area contributed by atoms with Crippen molar-refractivity contribution in [1.82, 2.24) is 0 Å². The van der Waals surface area contributed by atoms with Crippen molar-refractivity contribution in [2.24, 2.45) is 11.5 Å². The Morgan fingerprint density at radius 2 is 0.667 bits per heavy atom. The van der Waals surface area contributed by atoms with E-state index in [1.165, 1.54) is 0 Å². The van der Waals surface area contributed by atoms with Crippen LogP contribution in [0, 0.1) is 0 Å². The first-order valence-corrected chi connectivity index (χ1v) is 5.03. The first-order chi connectivity index (χ1) is 8.84. The maximum absolute atomic E-state index is 9.00. The van der Waals surface area contributed by atoms with E-state index in [0.717, 1.165) is 27.7 Å². The Labute approximate surface area is 137 Å². The van der Waals surface area contributed by atoms with Gasteiger partial charge in [0.2, 0.25) is 0 Å². The fourth-order valence-electron chi connectivity index (χ4n) is 0. The van der Waals surface area contributed by atoms with Crippen molar-refractivity contribution in [3.8, 4) is 0 Å². The molecule has 0 aliphatic rings. The second-order valence-electron chi connectivity index (χ2n) is 2.65. The summed E-state index contributed by atoms with van der Waals surface area (Å²) in [7, 11) is 0. The van der Waals surface area contributed by atoms with Crippen LogP contribution in [0.15, 0.2) is 0 Å². The zero-order chi connectivity index (χ0) is 17.7. The fraction of sp³-hybridized carbons (Fsp3) is 0.600. The molecule has 8 N–H and O–H groups in total. The number of rotatable bonds is 1. The quantitative estimate of drug-likeness (QED) is 0.275. The SMILES string of the molecule is CC(=O)O.CC(=O)O.CC(=O)O.CC(=O)O.NCCN.[W]. The monoisotopic (exact) mass is 484 g/mol. The maximum atomic E-state index is 9.00. The van der Waals surface area contributed by atoms with Gasteiger partial charge in [-0.05, 0) is 0 Å². The van der Waals surface area contributed by atoms with Crippen molar-refractivity contribution in [3.63, 3.8) is 0 Å². The Kier molecular flexibility index (Phi) is 63.2. The van der Waals surface area contributed by atoms with Gasteiger partial charge >= 0.3 is 0 Å². The minimum absolute atomic E-state index is 0. The van der Waals surface area contributed by atoms with Crippen LogP contribution in [0.5, 0.6) is 0 Å². The first-order valence-electron chi connectivity index (χ1n) is 5.03. The summed E-state index contributed by atoms with van der Waals surface area (Å²) < 4.78 is 0. The molecule has 0 rings (SSSR count). The number of carboxylic acids is 4. The number of nitrogens with two attached hydrogens (primary N) is 2. The van der Waals surface area contributed by atoms with Crippen LogP contribution in [0.2, 0.25) is 0 Å². The number of carbonyl (C=O) groups is 4. The van der Waals surface area contributed by atoms with Gasteiger partial charge < -0.3 is 31.9 Å². The van der Waals surface area contributed by atoms with Crippen LogP contribution in [0.3, 0.4) is 0 Å². The molecule has 0 saturated heterocycles. The average molecular weight is 484 g/mol. The molecule has 0 aliphatic heterocycles. The molecule has 11 heteroatoms. The average Bonchev–Trinajstić information content (AvgIpc) is 2.13. The van der Waals surface area contributed by atoms with Crippen LogP contribution in [-0.2, 0) is 40.2 Å². The predicted octanol–water partition coefficient (Wildman–Crippen LogP) is -0.735. The van der Waals surface area contributed by atoms with Gasteiger partial charge in [-0.15, -0.1) is 0 Å². The third kappa shape index (κ3) is 19200. The molecule has 0 aliphatic carbocycles. The minimum Gasteiger partial charge on any atom is -0.481 e. The summed E-state index contributed by atoms with van der Waals surface area (Å²) >= 11 is 0. The van der Waals surface area contributed by atoms with Crippen LogP contribution in [0.25, 0.3) is 0 Å². The number of aliphatic carboxylic acids is 4. The summed E-state index contributed by atoms with van der Waals surface area (Å²) in [5.74, 6) is -3.33. The van der Waals surface area contributed by atoms with Crippen LogP contribution < -0.4 is 11.5 Å². The van der Waals surface area contributed by atoms with E-state index in [9.17, 15) is 0 Å². The van der Waals surface area contributed by atoms with Crippen molar-refractivity contribution in [1.29, 1.82) is 0 Å². The van der Waals surface area contributed by atoms with Gasteiger partial charge in [0.1, 0.15) is 0 Å². The van der Waals surface area contributed by atoms with E-state index < -0.39 is 23.9 Å². The van der Waals surface area contributed by atoms with Crippen molar-refractivity contribution >= 4 is 23.9 Å². The molecule has 0 aromatic rings. The fourth-order valence-corrected chi connectivity index (χ4v) is 0. The summed E-state index contributed by atoms with van der Waals surface area (Å²) in [5, 5.41) is 29.7. The van der Waals surface area contributed by atoms with Gasteiger partial charge in [-0.2, -0.15) is 0 Å². The van der Waals surface area contributed by atoms with E-state index in [4.69, 9.17) is 51.1 Å². The minimum atomic E-state index is -0.833. The van der Waals surface area contributed by atoms with Gasteiger partial charge in [0, 0.05) is 61.8 Å². The molecule has 0 aromatic carbocycles. The largest absolute Gasteiger partial charge is 0.481 e. The second-order valence-corrected chi connectivity index (χ2v) is 2.65. The van der Waals surface area contributed by atoms with Crippen LogP contribution in [-0.4, -0.2) is 57.4 Å². The summed E-state index contributed by atoms with van der Waals surface area (Å²) in [6.07, 6.45) is 0. The standard InChI is InChI=1S/C2H8N2.4C2H4O2.W/c3-1-2-4;4*1-2(3)4;/h1-4H2;4*1H3,(H,3,4);. The molecule has 0 spiro atoms. The predicted molar refractivity (Wildman–Crippen MR) is 71.3 cm³/mol. The van der Waals surface area contributed by atoms with Gasteiger partial charge in [-0.1, -0.05) is 0 Å². The van der Waals surface area contributed by atoms with E-state index in [1.54, 1.807) is 0 Å². The van der Waals surface area contributed by atoms with Gasteiger partial charge in [-0.25, -0.2) is 0 Å². The molecular formula is C10H24N2O8W. The molecule has 21 heavy (non-hydrogen) atoms. The van der Waals surface area contributed by atoms with E-state index in [0.29, 0.717) is 13.1 Å². The topological polar surface area (TPSA) is 201 Å². The smallest absolute Gasteiger partial charge is 0.300 e. The molecule has 0 atom stereocenters.